The van der Waals surface area contributed by atoms with Gasteiger partial charge in [0.1, 0.15) is 5.01 Å². The smallest absolute Gasteiger partial charge is 0.107 e. The van der Waals surface area contributed by atoms with Crippen LogP contribution in [0, 0.1) is 0 Å². The van der Waals surface area contributed by atoms with Crippen molar-refractivity contribution < 1.29 is 0 Å². The summed E-state index contributed by atoms with van der Waals surface area (Å²) in [6, 6.07) is 8.63. The van der Waals surface area contributed by atoms with Gasteiger partial charge in [0.25, 0.3) is 0 Å². The third kappa shape index (κ3) is 4.06. The van der Waals surface area contributed by atoms with Crippen LogP contribution in [0.25, 0.3) is 10.4 Å². The zero-order valence-electron chi connectivity index (χ0n) is 12.1. The van der Waals surface area contributed by atoms with E-state index in [1.165, 1.54) is 38.5 Å². The summed E-state index contributed by atoms with van der Waals surface area (Å²) in [6.07, 6.45) is 10.1. The predicted molar refractivity (Wildman–Crippen MR) is 90.9 cm³/mol. The predicted octanol–water partition coefficient (Wildman–Crippen LogP) is 5.28. The Balaban J connectivity index is 1.61. The molecule has 1 N–H and O–H groups in total. The van der Waals surface area contributed by atoms with Gasteiger partial charge in [0.15, 0.2) is 0 Å². The second kappa shape index (κ2) is 7.39. The van der Waals surface area contributed by atoms with Gasteiger partial charge in [0.05, 0.1) is 4.88 Å². The van der Waals surface area contributed by atoms with E-state index in [0.29, 0.717) is 6.04 Å². The number of thiazole rings is 1. The van der Waals surface area contributed by atoms with Crippen molar-refractivity contribution in [2.24, 2.45) is 0 Å². The second-order valence-electron chi connectivity index (χ2n) is 5.67. The molecule has 1 aromatic heterocycles. The van der Waals surface area contributed by atoms with Gasteiger partial charge in [-0.25, -0.2) is 4.98 Å². The largest absolute Gasteiger partial charge is 0.308 e. The normalized spacial score (nSPS) is 16.8. The highest BCUT2D eigenvalue weighted by Crippen LogP contribution is 2.31. The van der Waals surface area contributed by atoms with Crippen molar-refractivity contribution in [3.05, 3.63) is 40.5 Å². The molecule has 0 spiro atoms. The molecule has 1 fully saturated rings. The van der Waals surface area contributed by atoms with E-state index in [0.717, 1.165) is 27.0 Å². The van der Waals surface area contributed by atoms with Crippen molar-refractivity contribution in [1.82, 2.24) is 10.3 Å². The van der Waals surface area contributed by atoms with Gasteiger partial charge in [0, 0.05) is 29.4 Å². The lowest BCUT2D eigenvalue weighted by atomic mass is 10.1. The number of nitrogens with one attached hydrogen (secondary N) is 1. The van der Waals surface area contributed by atoms with Crippen LogP contribution in [0.4, 0.5) is 0 Å². The number of aromatic nitrogens is 1. The van der Waals surface area contributed by atoms with Crippen molar-refractivity contribution in [2.45, 2.75) is 51.1 Å². The standard InChI is InChI=1S/C17H21ClN2S/c18-15-10-6-5-9-14(15)16-11-20-17(21-16)12-19-13-7-3-1-2-4-8-13/h5-6,9-11,13,19H,1-4,7-8,12H2. The molecule has 1 heterocycles. The Kier molecular flexibility index (Phi) is 5.28. The summed E-state index contributed by atoms with van der Waals surface area (Å²) in [7, 11) is 0. The molecule has 21 heavy (non-hydrogen) atoms. The van der Waals surface area contributed by atoms with Crippen LogP contribution in [-0.2, 0) is 6.54 Å². The van der Waals surface area contributed by atoms with Gasteiger partial charge in [-0.05, 0) is 18.9 Å². The molecule has 1 aliphatic rings. The molecule has 0 saturated heterocycles. The Morgan fingerprint density at radius 3 is 2.67 bits per heavy atom. The molecular weight excluding hydrogens is 300 g/mol. The Morgan fingerprint density at radius 1 is 1.14 bits per heavy atom. The van der Waals surface area contributed by atoms with Gasteiger partial charge in [-0.15, -0.1) is 11.3 Å². The molecule has 0 bridgehead atoms. The fraction of sp³-hybridized carbons (Fsp3) is 0.471. The van der Waals surface area contributed by atoms with Crippen LogP contribution in [0.2, 0.25) is 5.02 Å². The Hall–Kier alpha value is -0.900. The first-order valence-corrected chi connectivity index (χ1v) is 8.95. The molecule has 1 aromatic carbocycles. The minimum absolute atomic E-state index is 0.667. The molecule has 0 aliphatic heterocycles. The van der Waals surface area contributed by atoms with Crippen molar-refractivity contribution in [3.63, 3.8) is 0 Å². The molecule has 0 atom stereocenters. The second-order valence-corrected chi connectivity index (χ2v) is 7.19. The van der Waals surface area contributed by atoms with Gasteiger partial charge in [0.2, 0.25) is 0 Å². The van der Waals surface area contributed by atoms with E-state index in [-0.39, 0.29) is 0 Å². The summed E-state index contributed by atoms with van der Waals surface area (Å²) in [4.78, 5) is 5.69. The Morgan fingerprint density at radius 2 is 1.90 bits per heavy atom. The summed E-state index contributed by atoms with van der Waals surface area (Å²) in [5.41, 5.74) is 1.08. The number of nitrogens with zero attached hydrogens (tertiary/aromatic N) is 1. The molecule has 1 saturated carbocycles. The molecule has 3 rings (SSSR count). The van der Waals surface area contributed by atoms with E-state index in [2.05, 4.69) is 16.4 Å². The van der Waals surface area contributed by atoms with Gasteiger partial charge in [-0.1, -0.05) is 55.5 Å². The lowest BCUT2D eigenvalue weighted by Gasteiger charge is -2.14. The highest BCUT2D eigenvalue weighted by atomic mass is 35.5. The van der Waals surface area contributed by atoms with Crippen molar-refractivity contribution >= 4 is 22.9 Å². The molecule has 2 nitrogen and oxygen atoms in total. The number of halogens is 1. The molecular formula is C17H21ClN2S. The molecule has 2 aromatic rings. The average molecular weight is 321 g/mol. The zero-order valence-corrected chi connectivity index (χ0v) is 13.7. The summed E-state index contributed by atoms with van der Waals surface area (Å²) >= 11 is 7.98. The van der Waals surface area contributed by atoms with Gasteiger partial charge >= 0.3 is 0 Å². The first-order chi connectivity index (χ1) is 10.3. The van der Waals surface area contributed by atoms with Crippen molar-refractivity contribution in [1.29, 1.82) is 0 Å². The van der Waals surface area contributed by atoms with Crippen LogP contribution in [0.3, 0.4) is 0 Å². The zero-order chi connectivity index (χ0) is 14.5. The molecule has 112 valence electrons. The average Bonchev–Trinajstić information content (AvgIpc) is 2.81. The molecule has 1 aliphatic carbocycles. The van der Waals surface area contributed by atoms with Crippen molar-refractivity contribution in [2.75, 3.05) is 0 Å². The lowest BCUT2D eigenvalue weighted by molar-refractivity contribution is 0.458. The van der Waals surface area contributed by atoms with Gasteiger partial charge in [-0.2, -0.15) is 0 Å². The fourth-order valence-electron chi connectivity index (χ4n) is 2.89. The Labute approximate surface area is 135 Å². The van der Waals surface area contributed by atoms with E-state index in [1.54, 1.807) is 11.3 Å². The van der Waals surface area contributed by atoms with Gasteiger partial charge in [-0.3, -0.25) is 0 Å². The van der Waals surface area contributed by atoms with E-state index in [9.17, 15) is 0 Å². The highest BCUT2D eigenvalue weighted by Gasteiger charge is 2.13. The summed E-state index contributed by atoms with van der Waals surface area (Å²) in [5.74, 6) is 0. The molecule has 0 amide bonds. The van der Waals surface area contributed by atoms with E-state index >= 15 is 0 Å². The first-order valence-electron chi connectivity index (χ1n) is 7.76. The maximum absolute atomic E-state index is 6.25. The maximum atomic E-state index is 6.25. The van der Waals surface area contributed by atoms with Gasteiger partial charge < -0.3 is 5.32 Å². The number of hydrogen-bond acceptors (Lipinski definition) is 3. The summed E-state index contributed by atoms with van der Waals surface area (Å²) in [5, 5.41) is 5.62. The van der Waals surface area contributed by atoms with Crippen LogP contribution >= 0.6 is 22.9 Å². The fourth-order valence-corrected chi connectivity index (χ4v) is 4.09. The maximum Gasteiger partial charge on any atom is 0.107 e. The number of benzene rings is 1. The molecule has 0 unspecified atom stereocenters. The van der Waals surface area contributed by atoms with Crippen molar-refractivity contribution in [3.8, 4) is 10.4 Å². The molecule has 4 heteroatoms. The van der Waals surface area contributed by atoms with Crippen LogP contribution in [0.5, 0.6) is 0 Å². The highest BCUT2D eigenvalue weighted by molar-refractivity contribution is 7.15. The minimum atomic E-state index is 0.667. The van der Waals surface area contributed by atoms with Crippen LogP contribution in [0.1, 0.15) is 43.5 Å². The van der Waals surface area contributed by atoms with E-state index in [4.69, 9.17) is 11.6 Å². The summed E-state index contributed by atoms with van der Waals surface area (Å²) in [6.45, 7) is 0.875. The van der Waals surface area contributed by atoms with E-state index in [1.807, 2.05) is 24.4 Å². The first kappa shape index (κ1) is 15.0. The third-order valence-electron chi connectivity index (χ3n) is 4.09. The topological polar surface area (TPSA) is 24.9 Å². The van der Waals surface area contributed by atoms with Crippen LogP contribution < -0.4 is 5.32 Å². The molecule has 0 radical (unpaired) electrons. The lowest BCUT2D eigenvalue weighted by Crippen LogP contribution is -2.27. The summed E-state index contributed by atoms with van der Waals surface area (Å²) < 4.78 is 0. The number of rotatable bonds is 4. The third-order valence-corrected chi connectivity index (χ3v) is 5.45. The quantitative estimate of drug-likeness (QED) is 0.776. The minimum Gasteiger partial charge on any atom is -0.308 e. The number of hydrogen-bond donors (Lipinski definition) is 1. The SMILES string of the molecule is Clc1ccccc1-c1cnc(CNC2CCCCCC2)s1. The van der Waals surface area contributed by atoms with Crippen LogP contribution in [0.15, 0.2) is 30.5 Å². The Bertz CT molecular complexity index is 574. The van der Waals surface area contributed by atoms with E-state index < -0.39 is 0 Å². The van der Waals surface area contributed by atoms with Crippen LogP contribution in [-0.4, -0.2) is 11.0 Å². The monoisotopic (exact) mass is 320 g/mol.